The number of para-hydroxylation sites is 1. The summed E-state index contributed by atoms with van der Waals surface area (Å²) >= 11 is 0. The number of hydrogen-bond donors (Lipinski definition) is 0. The Kier molecular flexibility index (Phi) is 6.01. The minimum atomic E-state index is 0.203. The number of aromatic nitrogens is 1. The number of aryl methyl sites for hydroxylation is 2. The van der Waals surface area contributed by atoms with Crippen LogP contribution in [0.2, 0.25) is 0 Å². The third kappa shape index (κ3) is 4.47. The molecule has 154 valence electrons. The number of anilines is 1. The number of benzene rings is 2. The molecule has 0 saturated carbocycles. The lowest BCUT2D eigenvalue weighted by Crippen LogP contribution is -2.46. The number of ether oxygens (including phenoxy) is 1. The van der Waals surface area contributed by atoms with Gasteiger partial charge in [-0.15, -0.1) is 0 Å². The first-order valence-corrected chi connectivity index (χ1v) is 10.2. The number of piperazine rings is 1. The molecular weight excluding hydrogens is 376 g/mol. The van der Waals surface area contributed by atoms with E-state index in [9.17, 15) is 5.26 Å². The largest absolute Gasteiger partial charge is 0.483 e. The van der Waals surface area contributed by atoms with Gasteiger partial charge in [0, 0.05) is 32.7 Å². The van der Waals surface area contributed by atoms with E-state index in [0.717, 1.165) is 49.6 Å². The van der Waals surface area contributed by atoms with E-state index in [4.69, 9.17) is 9.15 Å². The molecule has 0 aliphatic carbocycles. The molecule has 4 rings (SSSR count). The summed E-state index contributed by atoms with van der Waals surface area (Å²) in [6.45, 7) is 8.59. The van der Waals surface area contributed by atoms with E-state index in [-0.39, 0.29) is 6.61 Å². The molecule has 6 nitrogen and oxygen atoms in total. The van der Waals surface area contributed by atoms with Crippen LogP contribution in [0.5, 0.6) is 5.75 Å². The summed E-state index contributed by atoms with van der Waals surface area (Å²) in [5.74, 6) is 1.82. The second kappa shape index (κ2) is 9.02. The van der Waals surface area contributed by atoms with Crippen molar-refractivity contribution in [3.05, 3.63) is 76.8 Å². The van der Waals surface area contributed by atoms with Crippen LogP contribution in [0.3, 0.4) is 0 Å². The molecule has 1 aromatic heterocycles. The van der Waals surface area contributed by atoms with Gasteiger partial charge in [0.2, 0.25) is 17.5 Å². The first kappa shape index (κ1) is 20.0. The SMILES string of the molecule is Cc1cccc(C)c1OCc1nc(C#N)c(N2CCN(Cc3ccccc3)CC2)o1. The van der Waals surface area contributed by atoms with Crippen LogP contribution < -0.4 is 9.64 Å². The highest BCUT2D eigenvalue weighted by atomic mass is 16.5. The fourth-order valence-corrected chi connectivity index (χ4v) is 3.82. The predicted molar refractivity (Wildman–Crippen MR) is 115 cm³/mol. The van der Waals surface area contributed by atoms with Gasteiger partial charge in [0.1, 0.15) is 11.8 Å². The van der Waals surface area contributed by atoms with Crippen LogP contribution in [0, 0.1) is 25.2 Å². The number of oxazole rings is 1. The van der Waals surface area contributed by atoms with E-state index < -0.39 is 0 Å². The lowest BCUT2D eigenvalue weighted by molar-refractivity contribution is 0.239. The van der Waals surface area contributed by atoms with Crippen LogP contribution in [0.25, 0.3) is 0 Å². The molecule has 0 atom stereocenters. The van der Waals surface area contributed by atoms with Gasteiger partial charge in [0.25, 0.3) is 0 Å². The summed E-state index contributed by atoms with van der Waals surface area (Å²) in [4.78, 5) is 8.88. The minimum Gasteiger partial charge on any atom is -0.483 e. The van der Waals surface area contributed by atoms with Crippen LogP contribution in [-0.2, 0) is 13.2 Å². The van der Waals surface area contributed by atoms with Gasteiger partial charge in [-0.3, -0.25) is 4.90 Å². The van der Waals surface area contributed by atoms with E-state index in [0.29, 0.717) is 17.5 Å². The Morgan fingerprint density at radius 2 is 1.70 bits per heavy atom. The highest BCUT2D eigenvalue weighted by Gasteiger charge is 2.24. The van der Waals surface area contributed by atoms with Gasteiger partial charge in [-0.25, -0.2) is 0 Å². The molecule has 0 N–H and O–H groups in total. The van der Waals surface area contributed by atoms with Crippen molar-refractivity contribution in [2.75, 3.05) is 31.1 Å². The highest BCUT2D eigenvalue weighted by molar-refractivity contribution is 5.48. The maximum Gasteiger partial charge on any atom is 0.236 e. The molecular formula is C24H26N4O2. The Morgan fingerprint density at radius 1 is 1.00 bits per heavy atom. The van der Waals surface area contributed by atoms with E-state index in [2.05, 4.69) is 45.1 Å². The van der Waals surface area contributed by atoms with Gasteiger partial charge in [-0.2, -0.15) is 10.2 Å². The Balaban J connectivity index is 1.39. The second-order valence-corrected chi connectivity index (χ2v) is 7.63. The van der Waals surface area contributed by atoms with Crippen LogP contribution in [-0.4, -0.2) is 36.1 Å². The molecule has 0 radical (unpaired) electrons. The lowest BCUT2D eigenvalue weighted by Gasteiger charge is -2.34. The molecule has 1 fully saturated rings. The molecule has 1 aliphatic rings. The molecule has 1 aliphatic heterocycles. The fraction of sp³-hybridized carbons (Fsp3) is 0.333. The van der Waals surface area contributed by atoms with Gasteiger partial charge in [0.05, 0.1) is 0 Å². The molecule has 2 heterocycles. The predicted octanol–water partition coefficient (Wildman–Crippen LogP) is 4.06. The smallest absolute Gasteiger partial charge is 0.236 e. The number of hydrogen-bond acceptors (Lipinski definition) is 6. The summed E-state index contributed by atoms with van der Waals surface area (Å²) in [6.07, 6.45) is 0. The molecule has 3 aromatic rings. The molecule has 0 bridgehead atoms. The molecule has 2 aromatic carbocycles. The summed E-state index contributed by atoms with van der Waals surface area (Å²) in [6, 6.07) is 18.7. The van der Waals surface area contributed by atoms with Gasteiger partial charge in [-0.1, -0.05) is 48.5 Å². The molecule has 0 spiro atoms. The second-order valence-electron chi connectivity index (χ2n) is 7.63. The third-order valence-corrected chi connectivity index (χ3v) is 5.42. The Morgan fingerprint density at radius 3 is 2.37 bits per heavy atom. The van der Waals surface area contributed by atoms with E-state index in [1.807, 2.05) is 38.1 Å². The van der Waals surface area contributed by atoms with Crippen molar-refractivity contribution in [3.8, 4) is 11.8 Å². The average molecular weight is 402 g/mol. The van der Waals surface area contributed by atoms with E-state index in [1.165, 1.54) is 5.56 Å². The zero-order chi connectivity index (χ0) is 20.9. The lowest BCUT2D eigenvalue weighted by atomic mass is 10.1. The number of nitriles is 1. The normalized spacial score (nSPS) is 14.5. The van der Waals surface area contributed by atoms with Crippen LogP contribution in [0.4, 0.5) is 5.88 Å². The Hall–Kier alpha value is -3.30. The van der Waals surface area contributed by atoms with Crippen molar-refractivity contribution in [3.63, 3.8) is 0 Å². The van der Waals surface area contributed by atoms with Crippen molar-refractivity contribution in [1.29, 1.82) is 5.26 Å². The first-order valence-electron chi connectivity index (χ1n) is 10.2. The minimum absolute atomic E-state index is 0.203. The summed E-state index contributed by atoms with van der Waals surface area (Å²) < 4.78 is 11.9. The van der Waals surface area contributed by atoms with Gasteiger partial charge < -0.3 is 14.1 Å². The highest BCUT2D eigenvalue weighted by Crippen LogP contribution is 2.26. The van der Waals surface area contributed by atoms with Gasteiger partial charge in [-0.05, 0) is 30.5 Å². The first-order chi connectivity index (χ1) is 14.6. The van der Waals surface area contributed by atoms with Gasteiger partial charge >= 0.3 is 0 Å². The van der Waals surface area contributed by atoms with Crippen molar-refractivity contribution in [2.24, 2.45) is 0 Å². The maximum absolute atomic E-state index is 9.53. The summed E-state index contributed by atoms with van der Waals surface area (Å²) in [7, 11) is 0. The van der Waals surface area contributed by atoms with Gasteiger partial charge in [0.15, 0.2) is 6.61 Å². The zero-order valence-corrected chi connectivity index (χ0v) is 17.5. The topological polar surface area (TPSA) is 65.5 Å². The van der Waals surface area contributed by atoms with Crippen molar-refractivity contribution < 1.29 is 9.15 Å². The maximum atomic E-state index is 9.53. The molecule has 1 saturated heterocycles. The van der Waals surface area contributed by atoms with Crippen LogP contribution in [0.1, 0.15) is 28.3 Å². The Bertz CT molecular complexity index is 1010. The summed E-state index contributed by atoms with van der Waals surface area (Å²) in [5.41, 5.74) is 3.77. The quantitative estimate of drug-likeness (QED) is 0.619. The monoisotopic (exact) mass is 402 g/mol. The molecule has 0 unspecified atom stereocenters. The summed E-state index contributed by atoms with van der Waals surface area (Å²) in [5, 5.41) is 9.53. The zero-order valence-electron chi connectivity index (χ0n) is 17.5. The third-order valence-electron chi connectivity index (χ3n) is 5.42. The number of nitrogens with zero attached hydrogens (tertiary/aromatic N) is 4. The fourth-order valence-electron chi connectivity index (χ4n) is 3.82. The molecule has 6 heteroatoms. The van der Waals surface area contributed by atoms with E-state index >= 15 is 0 Å². The standard InChI is InChI=1S/C24H26N4O2/c1-18-7-6-8-19(2)23(18)29-17-22-26-21(15-25)24(30-22)28-13-11-27(12-14-28)16-20-9-4-3-5-10-20/h3-10H,11-14,16-17H2,1-2H3. The average Bonchev–Trinajstić information content (AvgIpc) is 3.18. The van der Waals surface area contributed by atoms with E-state index in [1.54, 1.807) is 0 Å². The van der Waals surface area contributed by atoms with Crippen molar-refractivity contribution in [1.82, 2.24) is 9.88 Å². The van der Waals surface area contributed by atoms with Crippen molar-refractivity contribution in [2.45, 2.75) is 27.0 Å². The number of rotatable bonds is 6. The van der Waals surface area contributed by atoms with Crippen LogP contribution >= 0.6 is 0 Å². The Labute approximate surface area is 177 Å². The molecule has 30 heavy (non-hydrogen) atoms. The molecule has 0 amide bonds. The van der Waals surface area contributed by atoms with Crippen molar-refractivity contribution >= 4 is 5.88 Å². The van der Waals surface area contributed by atoms with Crippen LogP contribution in [0.15, 0.2) is 52.9 Å².